The molecular formula is C16H29NO2. The predicted molar refractivity (Wildman–Crippen MR) is 76.6 cm³/mol. The van der Waals surface area contributed by atoms with Gasteiger partial charge in [0.1, 0.15) is 0 Å². The average Bonchev–Trinajstić information content (AvgIpc) is 2.43. The predicted octanol–water partition coefficient (Wildman–Crippen LogP) is 2.73. The summed E-state index contributed by atoms with van der Waals surface area (Å²) in [4.78, 5) is 12.3. The number of aliphatic hydroxyl groups excluding tert-OH is 1. The van der Waals surface area contributed by atoms with Crippen molar-refractivity contribution in [1.82, 2.24) is 5.32 Å². The van der Waals surface area contributed by atoms with E-state index in [0.717, 1.165) is 24.7 Å². The smallest absolute Gasteiger partial charge is 0.223 e. The first kappa shape index (κ1) is 14.8. The van der Waals surface area contributed by atoms with Crippen LogP contribution < -0.4 is 5.32 Å². The van der Waals surface area contributed by atoms with Crippen molar-refractivity contribution in [1.29, 1.82) is 0 Å². The summed E-state index contributed by atoms with van der Waals surface area (Å²) >= 11 is 0. The molecule has 0 radical (unpaired) electrons. The Morgan fingerprint density at radius 2 is 1.84 bits per heavy atom. The number of hydrogen-bond donors (Lipinski definition) is 2. The van der Waals surface area contributed by atoms with Crippen LogP contribution in [0.5, 0.6) is 0 Å². The molecule has 0 spiro atoms. The molecule has 2 fully saturated rings. The van der Waals surface area contributed by atoms with E-state index in [4.69, 9.17) is 0 Å². The molecule has 19 heavy (non-hydrogen) atoms. The lowest BCUT2D eigenvalue weighted by atomic mass is 9.67. The fourth-order valence-corrected chi connectivity index (χ4v) is 3.84. The molecule has 2 rings (SSSR count). The van der Waals surface area contributed by atoms with Crippen molar-refractivity contribution in [3.8, 4) is 0 Å². The van der Waals surface area contributed by atoms with Gasteiger partial charge in [-0.1, -0.05) is 39.5 Å². The topological polar surface area (TPSA) is 49.3 Å². The SMILES string of the molecule is CC(C)C(CO)NC(=O)C1CCC2CCCCC2C1. The summed E-state index contributed by atoms with van der Waals surface area (Å²) in [6.07, 6.45) is 8.79. The lowest BCUT2D eigenvalue weighted by molar-refractivity contribution is -0.128. The van der Waals surface area contributed by atoms with Crippen LogP contribution in [0.25, 0.3) is 0 Å². The molecule has 3 nitrogen and oxygen atoms in total. The Morgan fingerprint density at radius 3 is 2.47 bits per heavy atom. The minimum atomic E-state index is -0.0865. The molecule has 1 amide bonds. The largest absolute Gasteiger partial charge is 0.394 e. The molecule has 0 aromatic heterocycles. The molecule has 0 aromatic rings. The van der Waals surface area contributed by atoms with Crippen LogP contribution in [0.4, 0.5) is 0 Å². The molecule has 0 aliphatic heterocycles. The van der Waals surface area contributed by atoms with E-state index < -0.39 is 0 Å². The second-order valence-electron chi connectivity index (χ2n) is 6.86. The number of hydrogen-bond acceptors (Lipinski definition) is 2. The third kappa shape index (κ3) is 3.71. The molecule has 2 aliphatic rings. The van der Waals surface area contributed by atoms with Crippen LogP contribution in [0.2, 0.25) is 0 Å². The maximum absolute atomic E-state index is 12.3. The molecule has 0 bridgehead atoms. The zero-order valence-electron chi connectivity index (χ0n) is 12.4. The van der Waals surface area contributed by atoms with E-state index in [2.05, 4.69) is 5.32 Å². The maximum Gasteiger partial charge on any atom is 0.223 e. The minimum Gasteiger partial charge on any atom is -0.394 e. The van der Waals surface area contributed by atoms with Crippen LogP contribution in [0.15, 0.2) is 0 Å². The summed E-state index contributed by atoms with van der Waals surface area (Å²) in [7, 11) is 0. The van der Waals surface area contributed by atoms with Crippen LogP contribution in [0, 0.1) is 23.7 Å². The Kier molecular flexibility index (Phi) is 5.26. The normalized spacial score (nSPS) is 32.7. The second kappa shape index (κ2) is 6.74. The summed E-state index contributed by atoms with van der Waals surface area (Å²) < 4.78 is 0. The lowest BCUT2D eigenvalue weighted by Gasteiger charge is -2.39. The van der Waals surface area contributed by atoms with Crippen LogP contribution >= 0.6 is 0 Å². The van der Waals surface area contributed by atoms with Crippen molar-refractivity contribution in [2.45, 2.75) is 64.8 Å². The van der Waals surface area contributed by atoms with Gasteiger partial charge in [0.2, 0.25) is 5.91 Å². The van der Waals surface area contributed by atoms with E-state index in [0.29, 0.717) is 5.92 Å². The van der Waals surface area contributed by atoms with Crippen LogP contribution in [-0.2, 0) is 4.79 Å². The molecule has 110 valence electrons. The minimum absolute atomic E-state index is 0.0438. The Balaban J connectivity index is 1.86. The summed E-state index contributed by atoms with van der Waals surface area (Å²) in [5.41, 5.74) is 0. The molecule has 2 saturated carbocycles. The van der Waals surface area contributed by atoms with Gasteiger partial charge in [0, 0.05) is 5.92 Å². The van der Waals surface area contributed by atoms with Crippen molar-refractivity contribution >= 4 is 5.91 Å². The highest BCUT2D eigenvalue weighted by molar-refractivity contribution is 5.79. The quantitative estimate of drug-likeness (QED) is 0.823. The van der Waals surface area contributed by atoms with Crippen LogP contribution in [0.1, 0.15) is 58.8 Å². The lowest BCUT2D eigenvalue weighted by Crippen LogP contribution is -2.45. The molecule has 0 aromatic carbocycles. The van der Waals surface area contributed by atoms with E-state index in [9.17, 15) is 9.90 Å². The summed E-state index contributed by atoms with van der Waals surface area (Å²) in [6.45, 7) is 4.13. The fraction of sp³-hybridized carbons (Fsp3) is 0.938. The number of carbonyl (C=O) groups is 1. The maximum atomic E-state index is 12.3. The molecule has 2 N–H and O–H groups in total. The number of amides is 1. The van der Waals surface area contributed by atoms with Gasteiger partial charge >= 0.3 is 0 Å². The zero-order chi connectivity index (χ0) is 13.8. The standard InChI is InChI=1S/C16H29NO2/c1-11(2)15(10-18)17-16(19)14-8-7-12-5-3-4-6-13(12)9-14/h11-15,18H,3-10H2,1-2H3,(H,17,19). The van der Waals surface area contributed by atoms with Crippen molar-refractivity contribution < 1.29 is 9.90 Å². The Morgan fingerprint density at radius 1 is 1.16 bits per heavy atom. The number of fused-ring (bicyclic) bond motifs is 1. The second-order valence-corrected chi connectivity index (χ2v) is 6.86. The monoisotopic (exact) mass is 267 g/mol. The molecule has 4 unspecified atom stereocenters. The summed E-state index contributed by atoms with van der Waals surface area (Å²) in [5.74, 6) is 2.32. The highest BCUT2D eigenvalue weighted by atomic mass is 16.3. The highest BCUT2D eigenvalue weighted by Gasteiger charge is 2.35. The molecule has 2 aliphatic carbocycles. The highest BCUT2D eigenvalue weighted by Crippen LogP contribution is 2.42. The third-order valence-electron chi connectivity index (χ3n) is 5.24. The van der Waals surface area contributed by atoms with E-state index in [1.807, 2.05) is 13.8 Å². The molecule has 0 heterocycles. The van der Waals surface area contributed by atoms with Crippen molar-refractivity contribution in [3.63, 3.8) is 0 Å². The summed E-state index contributed by atoms with van der Waals surface area (Å²) in [5, 5.41) is 12.4. The van der Waals surface area contributed by atoms with Crippen LogP contribution in [-0.4, -0.2) is 23.7 Å². The third-order valence-corrected chi connectivity index (χ3v) is 5.24. The first-order valence-electron chi connectivity index (χ1n) is 8.03. The van der Waals surface area contributed by atoms with E-state index in [1.54, 1.807) is 0 Å². The van der Waals surface area contributed by atoms with Gasteiger partial charge < -0.3 is 10.4 Å². The molecule has 3 heteroatoms. The van der Waals surface area contributed by atoms with Gasteiger partial charge in [-0.05, 0) is 37.0 Å². The van der Waals surface area contributed by atoms with E-state index >= 15 is 0 Å². The van der Waals surface area contributed by atoms with E-state index in [-0.39, 0.29) is 24.5 Å². The Labute approximate surface area is 117 Å². The Hall–Kier alpha value is -0.570. The van der Waals surface area contributed by atoms with Gasteiger partial charge in [-0.3, -0.25) is 4.79 Å². The number of carbonyl (C=O) groups excluding carboxylic acids is 1. The van der Waals surface area contributed by atoms with Crippen molar-refractivity contribution in [3.05, 3.63) is 0 Å². The number of rotatable bonds is 4. The van der Waals surface area contributed by atoms with Gasteiger partial charge in [0.15, 0.2) is 0 Å². The van der Waals surface area contributed by atoms with Gasteiger partial charge in [-0.25, -0.2) is 0 Å². The first-order chi connectivity index (χ1) is 9.11. The number of nitrogens with one attached hydrogen (secondary N) is 1. The first-order valence-corrected chi connectivity index (χ1v) is 8.03. The van der Waals surface area contributed by atoms with Crippen molar-refractivity contribution in [2.75, 3.05) is 6.61 Å². The number of aliphatic hydroxyl groups is 1. The van der Waals surface area contributed by atoms with Gasteiger partial charge in [0.25, 0.3) is 0 Å². The van der Waals surface area contributed by atoms with Gasteiger partial charge in [0.05, 0.1) is 12.6 Å². The van der Waals surface area contributed by atoms with Gasteiger partial charge in [-0.2, -0.15) is 0 Å². The van der Waals surface area contributed by atoms with E-state index in [1.165, 1.54) is 32.1 Å². The molecular weight excluding hydrogens is 238 g/mol. The Bertz CT molecular complexity index is 303. The zero-order valence-corrected chi connectivity index (χ0v) is 12.4. The fourth-order valence-electron chi connectivity index (χ4n) is 3.84. The van der Waals surface area contributed by atoms with Gasteiger partial charge in [-0.15, -0.1) is 0 Å². The summed E-state index contributed by atoms with van der Waals surface area (Å²) in [6, 6.07) is -0.0865. The molecule has 4 atom stereocenters. The van der Waals surface area contributed by atoms with Crippen molar-refractivity contribution in [2.24, 2.45) is 23.7 Å². The van der Waals surface area contributed by atoms with Crippen LogP contribution in [0.3, 0.4) is 0 Å². The average molecular weight is 267 g/mol. The molecule has 0 saturated heterocycles.